The average Bonchev–Trinajstić information content (AvgIpc) is 3.08. The van der Waals surface area contributed by atoms with Gasteiger partial charge in [0.1, 0.15) is 10.8 Å². The van der Waals surface area contributed by atoms with Gasteiger partial charge in [-0.15, -0.1) is 11.3 Å². The molecule has 0 aliphatic carbocycles. The number of benzene rings is 2. The molecule has 1 N–H and O–H groups in total. The van der Waals surface area contributed by atoms with E-state index in [-0.39, 0.29) is 11.7 Å². The molecular formula is C20H18ClN3O3S. The summed E-state index contributed by atoms with van der Waals surface area (Å²) < 4.78 is 5.81. The van der Waals surface area contributed by atoms with Crippen molar-refractivity contribution in [2.24, 2.45) is 0 Å². The highest BCUT2D eigenvalue weighted by Crippen LogP contribution is 2.34. The van der Waals surface area contributed by atoms with Gasteiger partial charge in [-0.1, -0.05) is 29.8 Å². The Morgan fingerprint density at radius 2 is 2.21 bits per heavy atom. The molecule has 8 heteroatoms. The summed E-state index contributed by atoms with van der Waals surface area (Å²) >= 11 is 7.58. The fourth-order valence-electron chi connectivity index (χ4n) is 3.26. The number of nitrogens with zero attached hydrogens (tertiary/aromatic N) is 2. The zero-order chi connectivity index (χ0) is 19.5. The molecule has 4 rings (SSSR count). The van der Waals surface area contributed by atoms with E-state index in [1.807, 2.05) is 29.6 Å². The maximum Gasteiger partial charge on any atom is 0.270 e. The molecule has 0 spiro atoms. The van der Waals surface area contributed by atoms with E-state index in [0.717, 1.165) is 40.4 Å². The van der Waals surface area contributed by atoms with Crippen LogP contribution in [0.2, 0.25) is 5.02 Å². The minimum atomic E-state index is -0.391. The lowest BCUT2D eigenvalue weighted by Gasteiger charge is -2.18. The van der Waals surface area contributed by atoms with E-state index in [4.69, 9.17) is 16.3 Å². The van der Waals surface area contributed by atoms with Crippen molar-refractivity contribution in [1.82, 2.24) is 10.3 Å². The highest BCUT2D eigenvalue weighted by Gasteiger charge is 2.20. The molecule has 2 aromatic carbocycles. The average molecular weight is 416 g/mol. The summed E-state index contributed by atoms with van der Waals surface area (Å²) in [4.78, 5) is 15.2. The number of rotatable bonds is 5. The lowest BCUT2D eigenvalue weighted by Crippen LogP contribution is -2.20. The van der Waals surface area contributed by atoms with E-state index >= 15 is 0 Å². The van der Waals surface area contributed by atoms with Crippen LogP contribution in [0.4, 0.5) is 5.69 Å². The molecule has 1 aliphatic heterocycles. The fraction of sp³-hybridized carbons (Fsp3) is 0.250. The molecular weight excluding hydrogens is 398 g/mol. The van der Waals surface area contributed by atoms with Gasteiger partial charge in [-0.2, -0.15) is 0 Å². The summed E-state index contributed by atoms with van der Waals surface area (Å²) in [6.45, 7) is 1.29. The van der Waals surface area contributed by atoms with Crippen molar-refractivity contribution in [3.8, 4) is 16.3 Å². The summed E-state index contributed by atoms with van der Waals surface area (Å²) in [5.74, 6) is 0.832. The second kappa shape index (κ2) is 8.26. The molecule has 0 bridgehead atoms. The Hall–Kier alpha value is -2.48. The zero-order valence-corrected chi connectivity index (χ0v) is 16.5. The highest BCUT2D eigenvalue weighted by molar-refractivity contribution is 7.13. The van der Waals surface area contributed by atoms with Crippen molar-refractivity contribution < 1.29 is 9.66 Å². The van der Waals surface area contributed by atoms with Gasteiger partial charge in [0.15, 0.2) is 0 Å². The molecule has 0 saturated heterocycles. The van der Waals surface area contributed by atoms with E-state index in [2.05, 4.69) is 10.3 Å². The van der Waals surface area contributed by atoms with Crippen LogP contribution in [0, 0.1) is 10.1 Å². The minimum Gasteiger partial charge on any atom is -0.493 e. The van der Waals surface area contributed by atoms with Crippen molar-refractivity contribution in [2.45, 2.75) is 25.4 Å². The largest absolute Gasteiger partial charge is 0.493 e. The normalized spacial score (nSPS) is 16.1. The number of aromatic nitrogens is 1. The number of nitro benzene ring substituents is 1. The minimum absolute atomic E-state index is 0.0705. The van der Waals surface area contributed by atoms with Gasteiger partial charge in [0.25, 0.3) is 5.69 Å². The first-order chi connectivity index (χ1) is 13.6. The molecule has 0 amide bonds. The molecule has 0 fully saturated rings. The monoisotopic (exact) mass is 415 g/mol. The van der Waals surface area contributed by atoms with Gasteiger partial charge in [0, 0.05) is 46.2 Å². The second-order valence-corrected chi connectivity index (χ2v) is 7.85. The molecule has 1 atom stereocenters. The number of hydrogen-bond donors (Lipinski definition) is 1. The van der Waals surface area contributed by atoms with Crippen molar-refractivity contribution in [1.29, 1.82) is 0 Å². The van der Waals surface area contributed by atoms with E-state index in [1.165, 1.54) is 17.4 Å². The highest BCUT2D eigenvalue weighted by atomic mass is 35.5. The van der Waals surface area contributed by atoms with Crippen LogP contribution in [0.5, 0.6) is 5.75 Å². The van der Waals surface area contributed by atoms with Crippen molar-refractivity contribution in [2.75, 3.05) is 6.61 Å². The Kier molecular flexibility index (Phi) is 5.57. The Bertz CT molecular complexity index is 1010. The summed E-state index contributed by atoms with van der Waals surface area (Å²) in [6.07, 6.45) is 1.93. The van der Waals surface area contributed by atoms with Gasteiger partial charge < -0.3 is 10.1 Å². The summed E-state index contributed by atoms with van der Waals surface area (Å²) in [5.41, 5.74) is 2.85. The van der Waals surface area contributed by atoms with Gasteiger partial charge in [-0.05, 0) is 25.0 Å². The molecule has 144 valence electrons. The van der Waals surface area contributed by atoms with Crippen LogP contribution in [-0.2, 0) is 6.54 Å². The Labute approximate surface area is 171 Å². The number of nitrogens with one attached hydrogen (secondary N) is 1. The van der Waals surface area contributed by atoms with E-state index in [1.54, 1.807) is 12.1 Å². The third-order valence-corrected chi connectivity index (χ3v) is 5.81. The molecule has 6 nitrogen and oxygen atoms in total. The molecule has 0 radical (unpaired) electrons. The van der Waals surface area contributed by atoms with Crippen molar-refractivity contribution in [3.05, 3.63) is 74.2 Å². The molecule has 28 heavy (non-hydrogen) atoms. The van der Waals surface area contributed by atoms with Gasteiger partial charge in [-0.3, -0.25) is 10.1 Å². The quantitative estimate of drug-likeness (QED) is 0.447. The molecule has 3 aromatic rings. The van der Waals surface area contributed by atoms with E-state index in [9.17, 15) is 10.1 Å². The Morgan fingerprint density at radius 3 is 3.07 bits per heavy atom. The van der Waals surface area contributed by atoms with Crippen LogP contribution >= 0.6 is 22.9 Å². The van der Waals surface area contributed by atoms with Gasteiger partial charge in [0.2, 0.25) is 0 Å². The summed E-state index contributed by atoms with van der Waals surface area (Å²) in [6, 6.07) is 12.5. The lowest BCUT2D eigenvalue weighted by molar-refractivity contribution is -0.384. The molecule has 0 saturated carbocycles. The Morgan fingerprint density at radius 1 is 1.32 bits per heavy atom. The van der Waals surface area contributed by atoms with E-state index < -0.39 is 4.92 Å². The smallest absolute Gasteiger partial charge is 0.270 e. The number of hydrogen-bond acceptors (Lipinski definition) is 6. The molecule has 2 heterocycles. The molecule has 1 unspecified atom stereocenters. The van der Waals surface area contributed by atoms with Crippen LogP contribution in [0.15, 0.2) is 47.8 Å². The predicted octanol–water partition coefficient (Wildman–Crippen LogP) is 5.38. The van der Waals surface area contributed by atoms with Crippen molar-refractivity contribution >= 4 is 28.6 Å². The van der Waals surface area contributed by atoms with Crippen molar-refractivity contribution in [3.63, 3.8) is 0 Å². The number of nitro groups is 1. The third-order valence-electron chi connectivity index (χ3n) is 4.63. The number of halogens is 1. The molecule has 1 aliphatic rings. The number of non-ortho nitro benzene ring substituents is 1. The standard InChI is InChI=1S/C20H18ClN3O3S/c21-14-6-7-17-18(5-2-8-27-19(17)10-14)22-11-15-12-28-20(23-15)13-3-1-4-16(9-13)24(25)26/h1,3-4,6-7,9-10,12,18,22H,2,5,8,11H2. The SMILES string of the molecule is O=[N+]([O-])c1cccc(-c2nc(CNC3CCCOc4cc(Cl)ccc43)cs2)c1. The number of thiazole rings is 1. The Balaban J connectivity index is 1.48. The predicted molar refractivity (Wildman–Crippen MR) is 110 cm³/mol. The van der Waals surface area contributed by atoms with E-state index in [0.29, 0.717) is 18.2 Å². The van der Waals surface area contributed by atoms with Crippen LogP contribution in [0.1, 0.15) is 30.1 Å². The van der Waals surface area contributed by atoms with Crippen LogP contribution in [-0.4, -0.2) is 16.5 Å². The van der Waals surface area contributed by atoms with Crippen LogP contribution < -0.4 is 10.1 Å². The zero-order valence-electron chi connectivity index (χ0n) is 14.9. The van der Waals surface area contributed by atoms with Gasteiger partial charge in [0.05, 0.1) is 17.2 Å². The second-order valence-electron chi connectivity index (χ2n) is 6.56. The maximum absolute atomic E-state index is 11.0. The van der Waals surface area contributed by atoms with Crippen LogP contribution in [0.25, 0.3) is 10.6 Å². The fourth-order valence-corrected chi connectivity index (χ4v) is 4.24. The summed E-state index contributed by atoms with van der Waals surface area (Å²) in [5, 5.41) is 18.0. The third kappa shape index (κ3) is 4.16. The first-order valence-electron chi connectivity index (χ1n) is 8.95. The topological polar surface area (TPSA) is 77.3 Å². The maximum atomic E-state index is 11.0. The van der Waals surface area contributed by atoms with Crippen LogP contribution in [0.3, 0.4) is 0 Å². The lowest BCUT2D eigenvalue weighted by atomic mass is 10.0. The first kappa shape index (κ1) is 18.9. The summed E-state index contributed by atoms with van der Waals surface area (Å²) in [7, 11) is 0. The van der Waals surface area contributed by atoms with Gasteiger partial charge in [-0.25, -0.2) is 4.98 Å². The van der Waals surface area contributed by atoms with Gasteiger partial charge >= 0.3 is 0 Å². The number of ether oxygens (including phenoxy) is 1. The number of fused-ring (bicyclic) bond motifs is 1. The molecule has 1 aromatic heterocycles. The first-order valence-corrected chi connectivity index (χ1v) is 10.2.